The lowest BCUT2D eigenvalue weighted by molar-refractivity contribution is 0.580. The van der Waals surface area contributed by atoms with Crippen molar-refractivity contribution in [3.63, 3.8) is 0 Å². The van der Waals surface area contributed by atoms with E-state index in [2.05, 4.69) is 35.8 Å². The molecule has 0 radical (unpaired) electrons. The lowest BCUT2D eigenvalue weighted by Crippen LogP contribution is -2.19. The van der Waals surface area contributed by atoms with Crippen molar-refractivity contribution in [1.82, 2.24) is 5.32 Å². The Hall–Kier alpha value is -0.600. The number of allylic oxidation sites excluding steroid dienone is 1. The van der Waals surface area contributed by atoms with Gasteiger partial charge in [-0.05, 0) is 50.6 Å². The molecule has 0 fully saturated rings. The molecule has 0 aliphatic heterocycles. The van der Waals surface area contributed by atoms with E-state index < -0.39 is 0 Å². The molecule has 2 rings (SSSR count). The largest absolute Gasteiger partial charge is 0.309 e. The number of thiophene rings is 1. The van der Waals surface area contributed by atoms with Crippen LogP contribution in [0.3, 0.4) is 0 Å². The lowest BCUT2D eigenvalue weighted by atomic mass is 10.1. The first-order valence-corrected chi connectivity index (χ1v) is 6.69. The van der Waals surface area contributed by atoms with Crippen LogP contribution in [0.5, 0.6) is 0 Å². The monoisotopic (exact) mass is 221 g/mol. The van der Waals surface area contributed by atoms with Gasteiger partial charge in [-0.15, -0.1) is 11.3 Å². The molecule has 1 unspecified atom stereocenters. The second-order valence-corrected chi connectivity index (χ2v) is 5.18. The maximum Gasteiger partial charge on any atom is 0.0386 e. The third-order valence-corrected chi connectivity index (χ3v) is 4.06. The fourth-order valence-electron chi connectivity index (χ4n) is 2.05. The molecule has 1 atom stereocenters. The van der Waals surface area contributed by atoms with E-state index in [0.717, 1.165) is 6.54 Å². The minimum atomic E-state index is 0.506. The molecule has 82 valence electrons. The second-order valence-electron chi connectivity index (χ2n) is 4.20. The van der Waals surface area contributed by atoms with E-state index >= 15 is 0 Å². The van der Waals surface area contributed by atoms with Crippen molar-refractivity contribution in [2.75, 3.05) is 6.54 Å². The Labute approximate surface area is 96.2 Å². The Morgan fingerprint density at radius 3 is 3.13 bits per heavy atom. The predicted molar refractivity (Wildman–Crippen MR) is 67.3 cm³/mol. The van der Waals surface area contributed by atoms with Crippen molar-refractivity contribution in [3.8, 4) is 0 Å². The summed E-state index contributed by atoms with van der Waals surface area (Å²) in [6.45, 7) is 3.36. The van der Waals surface area contributed by atoms with Gasteiger partial charge in [-0.25, -0.2) is 0 Å². The molecule has 0 saturated heterocycles. The molecule has 0 aromatic carbocycles. The van der Waals surface area contributed by atoms with E-state index in [1.165, 1.54) is 30.6 Å². The normalized spacial score (nSPS) is 17.8. The van der Waals surface area contributed by atoms with Crippen LogP contribution in [0.15, 0.2) is 29.2 Å². The quantitative estimate of drug-likeness (QED) is 0.744. The Bertz CT molecular complexity index is 313. The first-order valence-electron chi connectivity index (χ1n) is 5.81. The Morgan fingerprint density at radius 2 is 2.47 bits per heavy atom. The average Bonchev–Trinajstić information content (AvgIpc) is 2.90. The van der Waals surface area contributed by atoms with Crippen LogP contribution < -0.4 is 5.32 Å². The molecule has 0 bridgehead atoms. The summed E-state index contributed by atoms with van der Waals surface area (Å²) >= 11 is 1.84. The minimum Gasteiger partial charge on any atom is -0.309 e. The molecule has 1 aliphatic rings. The van der Waals surface area contributed by atoms with Gasteiger partial charge in [0, 0.05) is 10.9 Å². The summed E-state index contributed by atoms with van der Waals surface area (Å²) in [7, 11) is 0. The first-order chi connectivity index (χ1) is 7.36. The molecular formula is C13H19NS. The highest BCUT2D eigenvalue weighted by Gasteiger charge is 2.07. The van der Waals surface area contributed by atoms with E-state index in [9.17, 15) is 0 Å². The van der Waals surface area contributed by atoms with Gasteiger partial charge in [0.15, 0.2) is 0 Å². The Kier molecular flexibility index (Phi) is 3.98. The molecule has 2 heteroatoms. The zero-order valence-electron chi connectivity index (χ0n) is 9.33. The third-order valence-electron chi connectivity index (χ3n) is 3.00. The molecule has 1 aromatic heterocycles. The molecule has 0 spiro atoms. The van der Waals surface area contributed by atoms with Crippen molar-refractivity contribution < 1.29 is 0 Å². The topological polar surface area (TPSA) is 12.0 Å². The van der Waals surface area contributed by atoms with Crippen LogP contribution in [0.25, 0.3) is 0 Å². The van der Waals surface area contributed by atoms with Crippen LogP contribution in [0, 0.1) is 0 Å². The molecule has 1 aromatic rings. The van der Waals surface area contributed by atoms with E-state index in [1.54, 1.807) is 5.57 Å². The summed E-state index contributed by atoms with van der Waals surface area (Å²) in [4.78, 5) is 1.44. The summed E-state index contributed by atoms with van der Waals surface area (Å²) in [5.41, 5.74) is 1.65. The fourth-order valence-corrected chi connectivity index (χ4v) is 2.81. The van der Waals surface area contributed by atoms with Crippen LogP contribution in [0.1, 0.15) is 43.5 Å². The Morgan fingerprint density at radius 1 is 1.53 bits per heavy atom. The Balaban J connectivity index is 1.69. The van der Waals surface area contributed by atoms with Gasteiger partial charge in [0.25, 0.3) is 0 Å². The maximum atomic E-state index is 3.58. The first kappa shape index (κ1) is 10.9. The summed E-state index contributed by atoms with van der Waals surface area (Å²) in [6.07, 6.45) is 7.65. The van der Waals surface area contributed by atoms with Crippen molar-refractivity contribution >= 4 is 11.3 Å². The van der Waals surface area contributed by atoms with Crippen LogP contribution in [0.2, 0.25) is 0 Å². The van der Waals surface area contributed by atoms with Gasteiger partial charge in [0.05, 0.1) is 0 Å². The number of rotatable bonds is 5. The molecule has 0 amide bonds. The molecule has 1 N–H and O–H groups in total. The van der Waals surface area contributed by atoms with Gasteiger partial charge < -0.3 is 5.32 Å². The smallest absolute Gasteiger partial charge is 0.0386 e. The summed E-state index contributed by atoms with van der Waals surface area (Å²) in [5.74, 6) is 0. The van der Waals surface area contributed by atoms with E-state index in [-0.39, 0.29) is 0 Å². The van der Waals surface area contributed by atoms with Gasteiger partial charge in [-0.2, -0.15) is 0 Å². The number of hydrogen-bond donors (Lipinski definition) is 1. The van der Waals surface area contributed by atoms with Crippen molar-refractivity contribution in [2.45, 2.75) is 38.6 Å². The lowest BCUT2D eigenvalue weighted by Gasteiger charge is -2.12. The fraction of sp³-hybridized carbons (Fsp3) is 0.538. The van der Waals surface area contributed by atoms with Gasteiger partial charge in [-0.3, -0.25) is 0 Å². The highest BCUT2D eigenvalue weighted by Crippen LogP contribution is 2.21. The number of nitrogens with one attached hydrogen (secondary N) is 1. The minimum absolute atomic E-state index is 0.506. The summed E-state index contributed by atoms with van der Waals surface area (Å²) in [5, 5.41) is 5.73. The van der Waals surface area contributed by atoms with E-state index in [0.29, 0.717) is 6.04 Å². The number of hydrogen-bond acceptors (Lipinski definition) is 2. The zero-order chi connectivity index (χ0) is 10.5. The van der Waals surface area contributed by atoms with Crippen LogP contribution in [0.4, 0.5) is 0 Å². The average molecular weight is 221 g/mol. The summed E-state index contributed by atoms with van der Waals surface area (Å²) < 4.78 is 0. The van der Waals surface area contributed by atoms with Gasteiger partial charge in [-0.1, -0.05) is 17.7 Å². The van der Waals surface area contributed by atoms with Gasteiger partial charge in [0.2, 0.25) is 0 Å². The van der Waals surface area contributed by atoms with Gasteiger partial charge in [0.1, 0.15) is 0 Å². The predicted octanol–water partition coefficient (Wildman–Crippen LogP) is 3.90. The van der Waals surface area contributed by atoms with Crippen LogP contribution in [-0.2, 0) is 0 Å². The molecule has 1 aliphatic carbocycles. The van der Waals surface area contributed by atoms with Crippen molar-refractivity contribution in [1.29, 1.82) is 0 Å². The van der Waals surface area contributed by atoms with Gasteiger partial charge >= 0.3 is 0 Å². The summed E-state index contributed by atoms with van der Waals surface area (Å²) in [6, 6.07) is 4.83. The standard InChI is InChI=1S/C13H19NS/c1-11(13-7-4-10-15-13)14-9-8-12-5-2-3-6-12/h4-5,7,10-11,14H,2-3,6,8-9H2,1H3. The van der Waals surface area contributed by atoms with E-state index in [4.69, 9.17) is 0 Å². The molecule has 0 saturated carbocycles. The maximum absolute atomic E-state index is 3.58. The third kappa shape index (κ3) is 3.18. The highest BCUT2D eigenvalue weighted by molar-refractivity contribution is 7.10. The molecule has 1 heterocycles. The van der Waals surface area contributed by atoms with Crippen molar-refractivity contribution in [2.24, 2.45) is 0 Å². The molecule has 1 nitrogen and oxygen atoms in total. The van der Waals surface area contributed by atoms with Crippen molar-refractivity contribution in [3.05, 3.63) is 34.0 Å². The van der Waals surface area contributed by atoms with Crippen LogP contribution in [-0.4, -0.2) is 6.54 Å². The SMILES string of the molecule is CC(NCCC1=CCCC1)c1cccs1. The highest BCUT2D eigenvalue weighted by atomic mass is 32.1. The zero-order valence-corrected chi connectivity index (χ0v) is 10.1. The van der Waals surface area contributed by atoms with E-state index in [1.807, 2.05) is 11.3 Å². The molecule has 15 heavy (non-hydrogen) atoms. The van der Waals surface area contributed by atoms with Crippen LogP contribution >= 0.6 is 11.3 Å². The second kappa shape index (κ2) is 5.47. The molecular weight excluding hydrogens is 202 g/mol.